The van der Waals surface area contributed by atoms with Crippen molar-refractivity contribution in [2.24, 2.45) is 5.92 Å². The zero-order valence-electron chi connectivity index (χ0n) is 10.4. The Labute approximate surface area is 127 Å². The molecule has 0 atom stereocenters. The van der Waals surface area contributed by atoms with Crippen molar-refractivity contribution in [3.8, 4) is 11.5 Å². The number of aromatic nitrogens is 3. The molecule has 0 saturated heterocycles. The molecule has 2 heterocycles. The van der Waals surface area contributed by atoms with E-state index in [2.05, 4.69) is 47.0 Å². The van der Waals surface area contributed by atoms with Crippen LogP contribution in [0.2, 0.25) is 0 Å². The van der Waals surface area contributed by atoms with Gasteiger partial charge in [0.1, 0.15) is 11.5 Å². The topological polar surface area (TPSA) is 68.9 Å². The molecule has 7 heteroatoms. The van der Waals surface area contributed by atoms with Crippen LogP contribution in [0.25, 0.3) is 11.5 Å². The van der Waals surface area contributed by atoms with Crippen LogP contribution in [0.3, 0.4) is 0 Å². The van der Waals surface area contributed by atoms with Gasteiger partial charge in [0.15, 0.2) is 0 Å². The lowest BCUT2D eigenvalue weighted by Gasteiger charge is -1.99. The molecular weight excluding hydrogens is 378 g/mol. The third kappa shape index (κ3) is 3.48. The first-order chi connectivity index (χ1) is 8.97. The van der Waals surface area contributed by atoms with Gasteiger partial charge in [-0.1, -0.05) is 19.0 Å². The largest absolute Gasteiger partial charge is 0.338 e. The number of nitrogens with zero attached hydrogens (tertiary/aromatic N) is 3. The maximum atomic E-state index is 11.6. The SMILES string of the molecule is CC(C)C(=O)Cc1nc(-c2ncc(Br)cc2Br)no1. The van der Waals surface area contributed by atoms with Gasteiger partial charge in [0, 0.05) is 21.1 Å². The molecule has 0 spiro atoms. The maximum absolute atomic E-state index is 11.6. The van der Waals surface area contributed by atoms with Crippen molar-refractivity contribution < 1.29 is 9.32 Å². The number of Topliss-reactive ketones (excluding diaryl/α,β-unsaturated/α-hetero) is 1. The molecule has 0 saturated carbocycles. The first-order valence-corrected chi connectivity index (χ1v) is 7.22. The van der Waals surface area contributed by atoms with Crippen LogP contribution in [0, 0.1) is 5.92 Å². The number of pyridine rings is 1. The molecule has 0 aliphatic carbocycles. The summed E-state index contributed by atoms with van der Waals surface area (Å²) >= 11 is 6.71. The van der Waals surface area contributed by atoms with Crippen LogP contribution >= 0.6 is 31.9 Å². The number of hydrogen-bond acceptors (Lipinski definition) is 5. The standard InChI is InChI=1S/C12H11Br2N3O2/c1-6(2)9(18)4-10-16-12(17-19-10)11-8(14)3-7(13)5-15-11/h3,5-6H,4H2,1-2H3. The number of carbonyl (C=O) groups excluding carboxylic acids is 1. The quantitative estimate of drug-likeness (QED) is 0.802. The van der Waals surface area contributed by atoms with Crippen molar-refractivity contribution >= 4 is 37.6 Å². The van der Waals surface area contributed by atoms with Crippen molar-refractivity contribution in [3.05, 3.63) is 27.1 Å². The van der Waals surface area contributed by atoms with Crippen molar-refractivity contribution in [2.75, 3.05) is 0 Å². The van der Waals surface area contributed by atoms with Gasteiger partial charge in [0.25, 0.3) is 0 Å². The van der Waals surface area contributed by atoms with E-state index in [4.69, 9.17) is 4.52 Å². The molecule has 0 aromatic carbocycles. The van der Waals surface area contributed by atoms with E-state index < -0.39 is 0 Å². The van der Waals surface area contributed by atoms with Gasteiger partial charge in [0.05, 0.1) is 6.42 Å². The summed E-state index contributed by atoms with van der Waals surface area (Å²) in [6, 6.07) is 1.84. The van der Waals surface area contributed by atoms with Crippen LogP contribution < -0.4 is 0 Å². The molecule has 0 unspecified atom stereocenters. The first kappa shape index (κ1) is 14.3. The van der Waals surface area contributed by atoms with Crippen LogP contribution in [-0.2, 0) is 11.2 Å². The molecule has 0 N–H and O–H groups in total. The second kappa shape index (κ2) is 5.92. The van der Waals surface area contributed by atoms with E-state index in [-0.39, 0.29) is 18.1 Å². The number of rotatable bonds is 4. The molecule has 2 aromatic heterocycles. The minimum absolute atomic E-state index is 0.0482. The fourth-order valence-corrected chi connectivity index (χ4v) is 2.52. The molecule has 100 valence electrons. The Morgan fingerprint density at radius 3 is 2.79 bits per heavy atom. The Morgan fingerprint density at radius 1 is 1.42 bits per heavy atom. The summed E-state index contributed by atoms with van der Waals surface area (Å²) in [5.41, 5.74) is 0.579. The summed E-state index contributed by atoms with van der Waals surface area (Å²) in [7, 11) is 0. The third-order valence-corrected chi connectivity index (χ3v) is 3.50. The van der Waals surface area contributed by atoms with Gasteiger partial charge in [-0.25, -0.2) is 0 Å². The second-order valence-electron chi connectivity index (χ2n) is 4.29. The fourth-order valence-electron chi connectivity index (χ4n) is 1.36. The first-order valence-electron chi connectivity index (χ1n) is 5.64. The minimum Gasteiger partial charge on any atom is -0.338 e. The predicted octanol–water partition coefficient (Wildman–Crippen LogP) is 3.42. The highest BCUT2D eigenvalue weighted by atomic mass is 79.9. The second-order valence-corrected chi connectivity index (χ2v) is 6.06. The zero-order chi connectivity index (χ0) is 14.0. The Balaban J connectivity index is 2.23. The van der Waals surface area contributed by atoms with Crippen molar-refractivity contribution in [2.45, 2.75) is 20.3 Å². The van der Waals surface area contributed by atoms with Gasteiger partial charge < -0.3 is 4.52 Å². The van der Waals surface area contributed by atoms with E-state index in [9.17, 15) is 4.79 Å². The normalized spacial score (nSPS) is 11.0. The summed E-state index contributed by atoms with van der Waals surface area (Å²) in [4.78, 5) is 20.0. The van der Waals surface area contributed by atoms with Crippen molar-refractivity contribution in [3.63, 3.8) is 0 Å². The number of hydrogen-bond donors (Lipinski definition) is 0. The highest BCUT2D eigenvalue weighted by Gasteiger charge is 2.17. The average Bonchev–Trinajstić information content (AvgIpc) is 2.77. The van der Waals surface area contributed by atoms with Gasteiger partial charge in [-0.3, -0.25) is 9.78 Å². The minimum atomic E-state index is -0.0482. The zero-order valence-corrected chi connectivity index (χ0v) is 13.5. The molecule has 2 aromatic rings. The van der Waals surface area contributed by atoms with E-state index in [1.807, 2.05) is 19.9 Å². The van der Waals surface area contributed by atoms with Gasteiger partial charge in [0.2, 0.25) is 11.7 Å². The molecule has 5 nitrogen and oxygen atoms in total. The summed E-state index contributed by atoms with van der Waals surface area (Å²) in [5.74, 6) is 0.696. The van der Waals surface area contributed by atoms with Crippen molar-refractivity contribution in [1.82, 2.24) is 15.1 Å². The summed E-state index contributed by atoms with van der Waals surface area (Å²) < 4.78 is 6.67. The summed E-state index contributed by atoms with van der Waals surface area (Å²) in [6.07, 6.45) is 1.80. The maximum Gasteiger partial charge on any atom is 0.234 e. The van der Waals surface area contributed by atoms with Gasteiger partial charge in [-0.2, -0.15) is 4.98 Å². The van der Waals surface area contributed by atoms with Crippen LogP contribution in [0.1, 0.15) is 19.7 Å². The predicted molar refractivity (Wildman–Crippen MR) is 76.5 cm³/mol. The van der Waals surface area contributed by atoms with Gasteiger partial charge >= 0.3 is 0 Å². The lowest BCUT2D eigenvalue weighted by Crippen LogP contribution is -2.10. The van der Waals surface area contributed by atoms with Gasteiger partial charge in [-0.05, 0) is 37.9 Å². The molecule has 0 fully saturated rings. The molecule has 0 bridgehead atoms. The summed E-state index contributed by atoms with van der Waals surface area (Å²) in [5, 5.41) is 3.84. The van der Waals surface area contributed by atoms with Crippen molar-refractivity contribution in [1.29, 1.82) is 0 Å². The van der Waals surface area contributed by atoms with E-state index >= 15 is 0 Å². The molecule has 0 aliphatic heterocycles. The van der Waals surface area contributed by atoms with Crippen LogP contribution in [-0.4, -0.2) is 20.9 Å². The van der Waals surface area contributed by atoms with Crippen LogP contribution in [0.5, 0.6) is 0 Å². The Morgan fingerprint density at radius 2 is 2.16 bits per heavy atom. The van der Waals surface area contributed by atoms with E-state index in [0.717, 1.165) is 8.95 Å². The van der Waals surface area contributed by atoms with Crippen LogP contribution in [0.4, 0.5) is 0 Å². The lowest BCUT2D eigenvalue weighted by molar-refractivity contribution is -0.121. The molecule has 2 rings (SSSR count). The van der Waals surface area contributed by atoms with E-state index in [1.165, 1.54) is 0 Å². The highest BCUT2D eigenvalue weighted by Crippen LogP contribution is 2.26. The highest BCUT2D eigenvalue weighted by molar-refractivity contribution is 9.11. The third-order valence-electron chi connectivity index (χ3n) is 2.46. The lowest BCUT2D eigenvalue weighted by atomic mass is 10.1. The number of ketones is 1. The molecule has 0 aliphatic rings. The molecular formula is C12H11Br2N3O2. The molecule has 0 radical (unpaired) electrons. The Bertz CT molecular complexity index is 611. The monoisotopic (exact) mass is 387 g/mol. The Hall–Kier alpha value is -1.08. The van der Waals surface area contributed by atoms with Crippen LogP contribution in [0.15, 0.2) is 25.7 Å². The molecule has 0 amide bonds. The van der Waals surface area contributed by atoms with Gasteiger partial charge in [-0.15, -0.1) is 0 Å². The smallest absolute Gasteiger partial charge is 0.234 e. The summed E-state index contributed by atoms with van der Waals surface area (Å²) in [6.45, 7) is 3.68. The average molecular weight is 389 g/mol. The fraction of sp³-hybridized carbons (Fsp3) is 0.333. The Kier molecular flexibility index (Phi) is 4.46. The number of halogens is 2. The van der Waals surface area contributed by atoms with E-state index in [0.29, 0.717) is 17.4 Å². The number of carbonyl (C=O) groups is 1. The molecule has 19 heavy (non-hydrogen) atoms. The van der Waals surface area contributed by atoms with E-state index in [1.54, 1.807) is 6.20 Å².